The van der Waals surface area contributed by atoms with Gasteiger partial charge in [0.2, 0.25) is 0 Å². The molecule has 22 heavy (non-hydrogen) atoms. The average Bonchev–Trinajstić information content (AvgIpc) is 2.38. The first-order valence-electron chi connectivity index (χ1n) is 6.11. The first-order chi connectivity index (χ1) is 9.70. The van der Waals surface area contributed by atoms with Crippen molar-refractivity contribution in [2.45, 2.75) is 6.18 Å². The van der Waals surface area contributed by atoms with E-state index in [1.54, 1.807) is 6.07 Å². The van der Waals surface area contributed by atoms with Gasteiger partial charge >= 0.3 is 128 Å². The summed E-state index contributed by atoms with van der Waals surface area (Å²) in [4.78, 5) is 1.89. The molecule has 0 unspecified atom stereocenters. The molecule has 2 rings (SSSR count). The number of allylic oxidation sites excluding steroid dienone is 4. The molecule has 122 valence electrons. The van der Waals surface area contributed by atoms with Crippen LogP contribution in [0.4, 0.5) is 18.9 Å². The van der Waals surface area contributed by atoms with Crippen LogP contribution in [0.15, 0.2) is 42.0 Å². The summed E-state index contributed by atoms with van der Waals surface area (Å²) in [5.41, 5.74) is 0.706. The SMILES string of the molecule is [CH-]=c1ccc(N(C)C)c/c1=C1\C=CC(C(F)(F)F)=C[C]1=[Ni].[CH3-]. The molecule has 1 aliphatic carbocycles. The zero-order valence-corrected chi connectivity index (χ0v) is 13.4. The molecule has 0 N–H and O–H groups in total. The average molecular weight is 350 g/mol. The number of hydrogen-bond acceptors (Lipinski definition) is 1. The van der Waals surface area contributed by atoms with E-state index in [4.69, 9.17) is 21.6 Å². The molecule has 0 amide bonds. The van der Waals surface area contributed by atoms with E-state index >= 15 is 0 Å². The van der Waals surface area contributed by atoms with E-state index in [0.29, 0.717) is 16.0 Å². The first kappa shape index (κ1) is 18.4. The van der Waals surface area contributed by atoms with Crippen LogP contribution in [0.3, 0.4) is 0 Å². The maximum atomic E-state index is 12.7. The Morgan fingerprint density at radius 1 is 1.14 bits per heavy atom. The number of hydrogen-bond donors (Lipinski definition) is 0. The van der Waals surface area contributed by atoms with Crippen molar-refractivity contribution in [2.24, 2.45) is 0 Å². The fourth-order valence-corrected chi connectivity index (χ4v) is 2.31. The zero-order chi connectivity index (χ0) is 15.8. The molecule has 0 heterocycles. The molecule has 0 saturated heterocycles. The van der Waals surface area contributed by atoms with Crippen LogP contribution >= 0.6 is 0 Å². The summed E-state index contributed by atoms with van der Waals surface area (Å²) < 4.78 is 38.2. The maximum Gasteiger partial charge on any atom is -0.358 e. The van der Waals surface area contributed by atoms with Crippen LogP contribution < -0.4 is 15.3 Å². The molecule has 0 spiro atoms. The predicted molar refractivity (Wildman–Crippen MR) is 82.6 cm³/mol. The number of rotatable bonds is 1. The van der Waals surface area contributed by atoms with Gasteiger partial charge in [-0.1, -0.05) is 0 Å². The van der Waals surface area contributed by atoms with Crippen LogP contribution in [0.25, 0.3) is 12.2 Å². The van der Waals surface area contributed by atoms with Crippen LogP contribution in [0.2, 0.25) is 0 Å². The van der Waals surface area contributed by atoms with Gasteiger partial charge in [0.15, 0.2) is 0 Å². The van der Waals surface area contributed by atoms with Crippen LogP contribution in [0.1, 0.15) is 0 Å². The van der Waals surface area contributed by atoms with Crippen molar-refractivity contribution in [3.63, 3.8) is 0 Å². The number of nitrogens with zero attached hydrogens (tertiary/aromatic N) is 1. The van der Waals surface area contributed by atoms with Crippen molar-refractivity contribution < 1.29 is 28.2 Å². The zero-order valence-electron chi connectivity index (χ0n) is 12.4. The van der Waals surface area contributed by atoms with E-state index in [0.717, 1.165) is 17.8 Å². The van der Waals surface area contributed by atoms with Gasteiger partial charge in [-0.15, -0.1) is 0 Å². The molecule has 0 aliphatic heterocycles. The molecular formula is C17H16F3NNi-2. The van der Waals surface area contributed by atoms with Gasteiger partial charge in [0, 0.05) is 0 Å². The van der Waals surface area contributed by atoms with E-state index in [2.05, 4.69) is 0 Å². The van der Waals surface area contributed by atoms with Crippen molar-refractivity contribution in [3.8, 4) is 0 Å². The quantitative estimate of drug-likeness (QED) is 0.556. The minimum Gasteiger partial charge on any atom is -0.358 e. The minimum absolute atomic E-state index is 0. The van der Waals surface area contributed by atoms with E-state index < -0.39 is 11.7 Å². The topological polar surface area (TPSA) is 3.24 Å². The van der Waals surface area contributed by atoms with Gasteiger partial charge in [0.1, 0.15) is 0 Å². The summed E-state index contributed by atoms with van der Waals surface area (Å²) in [6, 6.07) is 5.39. The van der Waals surface area contributed by atoms with Crippen LogP contribution in [0.5, 0.6) is 0 Å². The van der Waals surface area contributed by atoms with Crippen molar-refractivity contribution in [2.75, 3.05) is 19.0 Å². The molecule has 1 aromatic rings. The Labute approximate surface area is 136 Å². The Balaban J connectivity index is 0.00000242. The second-order valence-electron chi connectivity index (χ2n) is 4.83. The summed E-state index contributed by atoms with van der Waals surface area (Å²) >= 11 is 4.75. The Morgan fingerprint density at radius 3 is 2.27 bits per heavy atom. The summed E-state index contributed by atoms with van der Waals surface area (Å²) in [5, 5.41) is 1.13. The number of benzene rings is 1. The third kappa shape index (κ3) is 3.78. The van der Waals surface area contributed by atoms with Gasteiger partial charge in [0.25, 0.3) is 0 Å². The summed E-state index contributed by atoms with van der Waals surface area (Å²) in [5.74, 6) is 0. The van der Waals surface area contributed by atoms with Gasteiger partial charge in [-0.25, -0.2) is 0 Å². The Kier molecular flexibility index (Phi) is 5.58. The molecule has 1 aromatic carbocycles. The molecule has 1 nitrogen and oxygen atoms in total. The van der Waals surface area contributed by atoms with Gasteiger partial charge in [-0.05, 0) is 0 Å². The summed E-state index contributed by atoms with van der Waals surface area (Å²) in [7, 11) is 3.75. The number of alkyl halides is 3. The molecule has 1 aliphatic rings. The number of halogens is 3. The molecular weight excluding hydrogens is 334 g/mol. The van der Waals surface area contributed by atoms with E-state index in [1.165, 1.54) is 6.08 Å². The van der Waals surface area contributed by atoms with E-state index in [1.807, 2.05) is 31.1 Å². The Hall–Kier alpha value is -1.61. The monoisotopic (exact) mass is 349 g/mol. The standard InChI is InChI=1S/C16H13F3N.CH3.Ni/c1-11-4-9-14(20(2)3)10-15(11)12-5-7-13(8-6-12)16(17,18)19;;/h1,4-5,7-10H,2-3H3;1H3;/q2*-1;/b15-12-;;. The van der Waals surface area contributed by atoms with Crippen molar-refractivity contribution in [3.05, 3.63) is 59.9 Å². The third-order valence-electron chi connectivity index (χ3n) is 3.11. The van der Waals surface area contributed by atoms with Crippen molar-refractivity contribution in [1.82, 2.24) is 0 Å². The van der Waals surface area contributed by atoms with E-state index in [-0.39, 0.29) is 11.9 Å². The number of anilines is 1. The minimum atomic E-state index is -4.39. The van der Waals surface area contributed by atoms with Gasteiger partial charge in [0.05, 0.1) is 0 Å². The van der Waals surface area contributed by atoms with Gasteiger partial charge in [-0.3, -0.25) is 0 Å². The Morgan fingerprint density at radius 2 is 1.77 bits per heavy atom. The smallest absolute Gasteiger partial charge is 0.358 e. The summed E-state index contributed by atoms with van der Waals surface area (Å²) in [6.07, 6.45) is -1.00. The van der Waals surface area contributed by atoms with E-state index in [9.17, 15) is 13.2 Å². The van der Waals surface area contributed by atoms with Crippen LogP contribution in [-0.4, -0.2) is 24.8 Å². The van der Waals surface area contributed by atoms with Crippen molar-refractivity contribution >= 4 is 22.3 Å². The molecule has 5 heteroatoms. The predicted octanol–water partition coefficient (Wildman–Crippen LogP) is 2.42. The molecule has 0 radical (unpaired) electrons. The fourth-order valence-electron chi connectivity index (χ4n) is 1.94. The second kappa shape index (κ2) is 6.66. The largest absolute Gasteiger partial charge is 0.358 e. The van der Waals surface area contributed by atoms with Crippen LogP contribution in [0, 0.1) is 7.43 Å². The normalized spacial score (nSPS) is 17.0. The molecule has 0 fully saturated rings. The Bertz CT molecular complexity index is 755. The maximum absolute atomic E-state index is 12.7. The fraction of sp³-hybridized carbons (Fsp3) is 0.176. The molecule has 0 aromatic heterocycles. The van der Waals surface area contributed by atoms with Gasteiger partial charge in [-0.2, -0.15) is 0 Å². The van der Waals surface area contributed by atoms with Crippen molar-refractivity contribution in [1.29, 1.82) is 0 Å². The first-order valence-corrected chi connectivity index (χ1v) is 6.60. The summed E-state index contributed by atoms with van der Waals surface area (Å²) in [6.45, 7) is 5.93. The van der Waals surface area contributed by atoms with Crippen LogP contribution in [-0.2, 0) is 15.0 Å². The third-order valence-corrected chi connectivity index (χ3v) is 3.52. The molecule has 0 bridgehead atoms. The second-order valence-corrected chi connectivity index (χ2v) is 5.36. The molecule has 0 saturated carbocycles. The van der Waals surface area contributed by atoms with Gasteiger partial charge < -0.3 is 7.43 Å². The molecule has 0 atom stereocenters.